The Morgan fingerprint density at radius 1 is 1.19 bits per heavy atom. The van der Waals surface area contributed by atoms with Crippen molar-refractivity contribution in [2.45, 2.75) is 25.9 Å². The minimum atomic E-state index is -2.91. The van der Waals surface area contributed by atoms with Crippen LogP contribution in [0.4, 0.5) is 4.39 Å². The van der Waals surface area contributed by atoms with E-state index in [2.05, 4.69) is 10.00 Å². The maximum atomic E-state index is 13.2. The number of halogens is 1. The van der Waals surface area contributed by atoms with Crippen molar-refractivity contribution in [3.05, 3.63) is 52.3 Å². The smallest absolute Gasteiger partial charge is 0.264 e. The number of fused-ring (bicyclic) bond motifs is 1. The Kier molecular flexibility index (Phi) is 5.55. The molecule has 0 bridgehead atoms. The van der Waals surface area contributed by atoms with Gasteiger partial charge in [0.25, 0.3) is 5.91 Å². The van der Waals surface area contributed by atoms with E-state index in [1.807, 2.05) is 22.6 Å². The molecule has 1 amide bonds. The van der Waals surface area contributed by atoms with Crippen molar-refractivity contribution in [3.8, 4) is 0 Å². The van der Waals surface area contributed by atoms with Gasteiger partial charge in [-0.2, -0.15) is 5.10 Å². The molecular weight excluding hydrogens is 451 g/mol. The number of carbonyl (C=O) groups is 1. The average Bonchev–Trinajstić information content (AvgIpc) is 3.45. The highest BCUT2D eigenvalue weighted by molar-refractivity contribution is 7.91. The molecule has 4 heterocycles. The zero-order valence-corrected chi connectivity index (χ0v) is 19.5. The molecule has 2 saturated heterocycles. The van der Waals surface area contributed by atoms with E-state index >= 15 is 0 Å². The summed E-state index contributed by atoms with van der Waals surface area (Å²) in [7, 11) is -2.91. The Balaban J connectivity index is 1.29. The van der Waals surface area contributed by atoms with Crippen LogP contribution >= 0.6 is 11.3 Å². The largest absolute Gasteiger partial charge is 0.335 e. The van der Waals surface area contributed by atoms with E-state index in [-0.39, 0.29) is 29.3 Å². The maximum absolute atomic E-state index is 13.2. The number of nitrogens with zero attached hydrogens (tertiary/aromatic N) is 4. The lowest BCUT2D eigenvalue weighted by atomic mass is 10.2. The molecule has 0 spiro atoms. The number of hydrogen-bond acceptors (Lipinski definition) is 6. The van der Waals surface area contributed by atoms with Gasteiger partial charge in [0.2, 0.25) is 0 Å². The molecule has 2 fully saturated rings. The summed E-state index contributed by atoms with van der Waals surface area (Å²) < 4.78 is 38.6. The van der Waals surface area contributed by atoms with Crippen molar-refractivity contribution in [1.82, 2.24) is 19.6 Å². The third kappa shape index (κ3) is 4.18. The third-order valence-electron chi connectivity index (χ3n) is 6.39. The van der Waals surface area contributed by atoms with Gasteiger partial charge in [-0.05, 0) is 37.1 Å². The van der Waals surface area contributed by atoms with Gasteiger partial charge in [0.1, 0.15) is 10.6 Å². The van der Waals surface area contributed by atoms with Crippen molar-refractivity contribution >= 4 is 37.3 Å². The summed E-state index contributed by atoms with van der Waals surface area (Å²) >= 11 is 1.44. The molecule has 0 aliphatic carbocycles. The van der Waals surface area contributed by atoms with Gasteiger partial charge in [0.15, 0.2) is 9.84 Å². The minimum absolute atomic E-state index is 0.0117. The van der Waals surface area contributed by atoms with E-state index < -0.39 is 9.84 Å². The van der Waals surface area contributed by atoms with Gasteiger partial charge in [-0.1, -0.05) is 12.1 Å². The molecule has 7 nitrogen and oxygen atoms in total. The number of thiophene rings is 1. The normalized spacial score (nSPS) is 21.4. The zero-order chi connectivity index (χ0) is 22.5. The lowest BCUT2D eigenvalue weighted by Crippen LogP contribution is -2.52. The Bertz CT molecular complexity index is 1260. The molecule has 3 aromatic rings. The number of rotatable bonds is 4. The minimum Gasteiger partial charge on any atom is -0.335 e. The quantitative estimate of drug-likeness (QED) is 0.579. The summed E-state index contributed by atoms with van der Waals surface area (Å²) in [6.45, 7) is 5.05. The van der Waals surface area contributed by atoms with Gasteiger partial charge in [-0.3, -0.25) is 14.4 Å². The Hall–Kier alpha value is -2.30. The highest BCUT2D eigenvalue weighted by atomic mass is 32.2. The fourth-order valence-corrected chi connectivity index (χ4v) is 7.49. The topological polar surface area (TPSA) is 75.5 Å². The number of benzene rings is 1. The van der Waals surface area contributed by atoms with Gasteiger partial charge in [0.05, 0.1) is 28.6 Å². The number of aromatic nitrogens is 2. The molecule has 32 heavy (non-hydrogen) atoms. The van der Waals surface area contributed by atoms with Crippen LogP contribution in [0.2, 0.25) is 0 Å². The molecule has 2 aliphatic heterocycles. The molecule has 10 heteroatoms. The number of sulfone groups is 1. The first-order chi connectivity index (χ1) is 15.3. The summed E-state index contributed by atoms with van der Waals surface area (Å²) in [6, 6.07) is 8.36. The molecule has 1 atom stereocenters. The third-order valence-corrected chi connectivity index (χ3v) is 9.28. The van der Waals surface area contributed by atoms with E-state index in [0.717, 1.165) is 21.5 Å². The van der Waals surface area contributed by atoms with Crippen LogP contribution < -0.4 is 0 Å². The Morgan fingerprint density at radius 3 is 2.56 bits per heavy atom. The highest BCUT2D eigenvalue weighted by Crippen LogP contribution is 2.30. The molecule has 1 aromatic carbocycles. The van der Waals surface area contributed by atoms with E-state index in [4.69, 9.17) is 0 Å². The average molecular weight is 477 g/mol. The first-order valence-corrected chi connectivity index (χ1v) is 13.4. The molecule has 2 aliphatic rings. The van der Waals surface area contributed by atoms with Crippen LogP contribution in [0.25, 0.3) is 10.2 Å². The number of hydrogen-bond donors (Lipinski definition) is 0. The second-order valence-corrected chi connectivity index (χ2v) is 11.8. The van der Waals surface area contributed by atoms with Crippen LogP contribution in [0.5, 0.6) is 0 Å². The van der Waals surface area contributed by atoms with Crippen LogP contribution in [0, 0.1) is 12.7 Å². The van der Waals surface area contributed by atoms with Crippen LogP contribution in [0.15, 0.2) is 30.3 Å². The molecule has 0 unspecified atom stereocenters. The zero-order valence-electron chi connectivity index (χ0n) is 17.8. The van der Waals surface area contributed by atoms with Crippen LogP contribution in [-0.2, 0) is 16.4 Å². The second-order valence-electron chi connectivity index (χ2n) is 8.58. The van der Waals surface area contributed by atoms with E-state index in [1.54, 1.807) is 12.1 Å². The van der Waals surface area contributed by atoms with Crippen LogP contribution in [0.1, 0.15) is 27.3 Å². The molecule has 0 saturated carbocycles. The van der Waals surface area contributed by atoms with E-state index in [0.29, 0.717) is 44.0 Å². The van der Waals surface area contributed by atoms with Crippen molar-refractivity contribution in [2.75, 3.05) is 37.7 Å². The number of piperazine rings is 1. The first kappa shape index (κ1) is 21.5. The predicted octanol–water partition coefficient (Wildman–Crippen LogP) is 2.54. The lowest BCUT2D eigenvalue weighted by Gasteiger charge is -2.37. The fourth-order valence-electron chi connectivity index (χ4n) is 4.60. The standard InChI is InChI=1S/C22H25FN4O3S2/c1-15-19-12-20(31-22(19)27(24-15)13-16-2-4-17(23)5-3-16)21(28)26-9-7-25(8-10-26)18-6-11-32(29,30)14-18/h2-5,12,18H,6-11,13-14H2,1H3/t18-/m0/s1. The molecule has 5 rings (SSSR count). The summed E-state index contributed by atoms with van der Waals surface area (Å²) in [5.74, 6) is 0.250. The summed E-state index contributed by atoms with van der Waals surface area (Å²) in [6.07, 6.45) is 0.691. The SMILES string of the molecule is Cc1nn(Cc2ccc(F)cc2)c2sc(C(=O)N3CCN([C@H]4CCS(=O)(=O)C4)CC3)cc12. The van der Waals surface area contributed by atoms with Gasteiger partial charge in [-0.25, -0.2) is 12.8 Å². The molecule has 2 aromatic heterocycles. The summed E-state index contributed by atoms with van der Waals surface area (Å²) in [5, 5.41) is 5.57. The van der Waals surface area contributed by atoms with Crippen molar-refractivity contribution in [1.29, 1.82) is 0 Å². The monoisotopic (exact) mass is 476 g/mol. The number of aryl methyl sites for hydroxylation is 1. The van der Waals surface area contributed by atoms with Gasteiger partial charge in [0, 0.05) is 37.6 Å². The fraction of sp³-hybridized carbons (Fsp3) is 0.455. The highest BCUT2D eigenvalue weighted by Gasteiger charge is 2.34. The van der Waals surface area contributed by atoms with Gasteiger partial charge < -0.3 is 4.90 Å². The second kappa shape index (κ2) is 8.24. The van der Waals surface area contributed by atoms with Crippen molar-refractivity contribution < 1.29 is 17.6 Å². The summed E-state index contributed by atoms with van der Waals surface area (Å²) in [5.41, 5.74) is 1.81. The number of carbonyl (C=O) groups excluding carboxylic acids is 1. The molecule has 0 N–H and O–H groups in total. The number of amides is 1. The predicted molar refractivity (Wildman–Crippen MR) is 122 cm³/mol. The van der Waals surface area contributed by atoms with E-state index in [1.165, 1.54) is 23.5 Å². The lowest BCUT2D eigenvalue weighted by molar-refractivity contribution is 0.0592. The maximum Gasteiger partial charge on any atom is 0.264 e. The molecule has 170 valence electrons. The summed E-state index contributed by atoms with van der Waals surface area (Å²) in [4.78, 5) is 18.9. The van der Waals surface area contributed by atoms with Crippen LogP contribution in [-0.4, -0.2) is 77.6 Å². The van der Waals surface area contributed by atoms with E-state index in [9.17, 15) is 17.6 Å². The Morgan fingerprint density at radius 2 is 1.91 bits per heavy atom. The van der Waals surface area contributed by atoms with Gasteiger partial charge in [-0.15, -0.1) is 11.3 Å². The molecular formula is C22H25FN4O3S2. The molecule has 0 radical (unpaired) electrons. The first-order valence-electron chi connectivity index (χ1n) is 10.7. The van der Waals surface area contributed by atoms with Crippen molar-refractivity contribution in [2.24, 2.45) is 0 Å². The van der Waals surface area contributed by atoms with Crippen molar-refractivity contribution in [3.63, 3.8) is 0 Å². The Labute approximate surface area is 190 Å². The van der Waals surface area contributed by atoms with Crippen LogP contribution in [0.3, 0.4) is 0 Å². The van der Waals surface area contributed by atoms with Gasteiger partial charge >= 0.3 is 0 Å².